The maximum Gasteiger partial charge on any atom is 0.319 e. The van der Waals surface area contributed by atoms with Gasteiger partial charge in [0.15, 0.2) is 0 Å². The van der Waals surface area contributed by atoms with Crippen LogP contribution in [0.25, 0.3) is 22.0 Å². The van der Waals surface area contributed by atoms with Crippen molar-refractivity contribution < 1.29 is 18.4 Å². The summed E-state index contributed by atoms with van der Waals surface area (Å²) in [6.07, 6.45) is 1.75. The van der Waals surface area contributed by atoms with Gasteiger partial charge in [0.05, 0.1) is 11.2 Å². The van der Waals surface area contributed by atoms with E-state index < -0.39 is 17.5 Å². The van der Waals surface area contributed by atoms with Crippen LogP contribution in [0.3, 0.4) is 0 Å². The molecule has 10 heteroatoms. The van der Waals surface area contributed by atoms with Crippen LogP contribution in [0.15, 0.2) is 30.5 Å². The molecule has 0 atom stereocenters. The van der Waals surface area contributed by atoms with E-state index in [0.29, 0.717) is 28.2 Å². The zero-order valence-electron chi connectivity index (χ0n) is 19.7. The van der Waals surface area contributed by atoms with Crippen molar-refractivity contribution in [2.24, 2.45) is 0 Å². The summed E-state index contributed by atoms with van der Waals surface area (Å²) >= 11 is 0. The molecule has 0 saturated carbocycles. The molecule has 0 spiro atoms. The predicted octanol–water partition coefficient (Wildman–Crippen LogP) is 5.69. The first-order valence-electron chi connectivity index (χ1n) is 10.5. The Kier molecular flexibility index (Phi) is 8.50. The number of aromatic nitrogens is 2. The van der Waals surface area contributed by atoms with E-state index in [1.807, 2.05) is 13.0 Å². The zero-order valence-corrected chi connectivity index (χ0v) is 20.5. The molecule has 0 unspecified atom stereocenters. The minimum absolute atomic E-state index is 0. The van der Waals surface area contributed by atoms with E-state index in [9.17, 15) is 18.4 Å². The molecule has 3 amide bonds. The molecule has 2 heterocycles. The van der Waals surface area contributed by atoms with Crippen LogP contribution in [0.5, 0.6) is 0 Å². The van der Waals surface area contributed by atoms with E-state index in [1.54, 1.807) is 25.3 Å². The lowest BCUT2D eigenvalue weighted by Gasteiger charge is -2.16. The van der Waals surface area contributed by atoms with Gasteiger partial charge in [-0.1, -0.05) is 0 Å². The van der Waals surface area contributed by atoms with E-state index in [-0.39, 0.29) is 37.0 Å². The van der Waals surface area contributed by atoms with Gasteiger partial charge in [-0.05, 0) is 63.4 Å². The van der Waals surface area contributed by atoms with Gasteiger partial charge in [0.25, 0.3) is 0 Å². The Morgan fingerprint density at radius 1 is 1.06 bits per heavy atom. The predicted molar refractivity (Wildman–Crippen MR) is 133 cm³/mol. The second-order valence-corrected chi connectivity index (χ2v) is 8.56. The fraction of sp³-hybridized carbons (Fsp3) is 0.333. The molecule has 3 aromatic rings. The van der Waals surface area contributed by atoms with Gasteiger partial charge in [-0.15, -0.1) is 12.4 Å². The number of carbonyl (C=O) groups excluding carboxylic acids is 2. The van der Waals surface area contributed by atoms with Gasteiger partial charge in [-0.2, -0.15) is 0 Å². The fourth-order valence-corrected chi connectivity index (χ4v) is 3.38. The average molecular weight is 492 g/mol. The van der Waals surface area contributed by atoms with Crippen LogP contribution in [0.4, 0.5) is 25.1 Å². The zero-order chi connectivity index (χ0) is 24.3. The van der Waals surface area contributed by atoms with Gasteiger partial charge in [0.1, 0.15) is 17.3 Å². The molecule has 0 aliphatic rings. The number of carbonyl (C=O) groups is 2. The minimum atomic E-state index is -1.41. The van der Waals surface area contributed by atoms with Crippen molar-refractivity contribution in [2.45, 2.75) is 46.7 Å². The first kappa shape index (κ1) is 26.9. The molecule has 7 nitrogen and oxygen atoms in total. The molecule has 0 aliphatic carbocycles. The number of fused-ring (bicyclic) bond motifs is 1. The van der Waals surface area contributed by atoms with E-state index in [4.69, 9.17) is 0 Å². The monoisotopic (exact) mass is 491 g/mol. The lowest BCUT2D eigenvalue weighted by atomic mass is 9.97. The van der Waals surface area contributed by atoms with Crippen molar-refractivity contribution in [3.05, 3.63) is 47.5 Å². The maximum absolute atomic E-state index is 14.6. The van der Waals surface area contributed by atoms with Crippen LogP contribution in [0, 0.1) is 19.7 Å². The standard InChI is InChI=1S/C24H27F2N5O2.ClH/c1-13-8-19(25)21(31-23(33)27-7-6-24(4,5)26)10-17(13)18-9-16-12-28-22(30-15(3)32)11-20(16)29-14(18)2;/h8-12H,6-7H2,1-5H3,(H2,27,31,33)(H,28,30,32);1H. The number of pyridine rings is 2. The van der Waals surface area contributed by atoms with Crippen LogP contribution in [0.1, 0.15) is 38.4 Å². The van der Waals surface area contributed by atoms with E-state index >= 15 is 0 Å². The number of alkyl halides is 1. The number of anilines is 2. The number of urea groups is 1. The molecular weight excluding hydrogens is 464 g/mol. The van der Waals surface area contributed by atoms with Crippen molar-refractivity contribution >= 4 is 46.8 Å². The van der Waals surface area contributed by atoms with Gasteiger partial charge < -0.3 is 16.0 Å². The second-order valence-electron chi connectivity index (χ2n) is 8.56. The average Bonchev–Trinajstić information content (AvgIpc) is 2.68. The van der Waals surface area contributed by atoms with E-state index in [2.05, 4.69) is 25.9 Å². The Balaban J connectivity index is 0.00000408. The topological polar surface area (TPSA) is 96.0 Å². The van der Waals surface area contributed by atoms with Crippen molar-refractivity contribution in [3.8, 4) is 11.1 Å². The third-order valence-corrected chi connectivity index (χ3v) is 5.05. The number of nitrogens with zero attached hydrogens (tertiary/aromatic N) is 2. The third kappa shape index (κ3) is 6.84. The van der Waals surface area contributed by atoms with Gasteiger partial charge in [-0.3, -0.25) is 9.78 Å². The fourth-order valence-electron chi connectivity index (χ4n) is 3.38. The normalized spacial score (nSPS) is 11.0. The number of rotatable bonds is 6. The number of halogens is 3. The quantitative estimate of drug-likeness (QED) is 0.412. The summed E-state index contributed by atoms with van der Waals surface area (Å²) in [6.45, 7) is 7.97. The van der Waals surface area contributed by atoms with Crippen LogP contribution in [-0.2, 0) is 4.79 Å². The summed E-state index contributed by atoms with van der Waals surface area (Å²) in [5, 5.41) is 8.40. The van der Waals surface area contributed by atoms with Gasteiger partial charge in [-0.25, -0.2) is 18.6 Å². The Labute approximate surface area is 203 Å². The van der Waals surface area contributed by atoms with Crippen LogP contribution in [0.2, 0.25) is 0 Å². The Morgan fingerprint density at radius 2 is 1.76 bits per heavy atom. The summed E-state index contributed by atoms with van der Waals surface area (Å²) in [5.74, 6) is -0.402. The lowest BCUT2D eigenvalue weighted by molar-refractivity contribution is -0.114. The summed E-state index contributed by atoms with van der Waals surface area (Å²) in [5.41, 5.74) is 2.08. The van der Waals surface area contributed by atoms with Crippen molar-refractivity contribution in [1.29, 1.82) is 0 Å². The molecule has 1 aromatic carbocycles. The molecule has 0 aliphatic heterocycles. The molecule has 0 radical (unpaired) electrons. The lowest BCUT2D eigenvalue weighted by Crippen LogP contribution is -2.32. The summed E-state index contributed by atoms with van der Waals surface area (Å²) in [4.78, 5) is 32.3. The largest absolute Gasteiger partial charge is 0.338 e. The summed E-state index contributed by atoms with van der Waals surface area (Å²) in [7, 11) is 0. The second kappa shape index (κ2) is 10.7. The number of nitrogens with one attached hydrogen (secondary N) is 3. The number of amides is 3. The highest BCUT2D eigenvalue weighted by Crippen LogP contribution is 2.32. The molecule has 2 aromatic heterocycles. The highest BCUT2D eigenvalue weighted by molar-refractivity contribution is 5.93. The smallest absolute Gasteiger partial charge is 0.319 e. The first-order valence-corrected chi connectivity index (χ1v) is 10.5. The van der Waals surface area contributed by atoms with Gasteiger partial charge in [0, 0.05) is 42.4 Å². The SMILES string of the molecule is CC(=O)Nc1cc2nc(C)c(-c3cc(NC(=O)NCCC(C)(C)F)c(F)cc3C)cc2cn1.Cl. The van der Waals surface area contributed by atoms with Crippen LogP contribution < -0.4 is 16.0 Å². The molecular formula is C24H28ClF2N5O2. The number of benzene rings is 1. The molecule has 0 bridgehead atoms. The molecule has 0 fully saturated rings. The van der Waals surface area contributed by atoms with Crippen molar-refractivity contribution in [3.63, 3.8) is 0 Å². The molecule has 3 rings (SSSR count). The summed E-state index contributed by atoms with van der Waals surface area (Å²) < 4.78 is 28.1. The van der Waals surface area contributed by atoms with Gasteiger partial charge >= 0.3 is 6.03 Å². The molecule has 34 heavy (non-hydrogen) atoms. The maximum atomic E-state index is 14.6. The number of hydrogen-bond donors (Lipinski definition) is 3. The van der Waals surface area contributed by atoms with Crippen LogP contribution >= 0.6 is 12.4 Å². The Morgan fingerprint density at radius 3 is 2.41 bits per heavy atom. The number of aryl methyl sites for hydroxylation is 2. The molecule has 3 N–H and O–H groups in total. The third-order valence-electron chi connectivity index (χ3n) is 5.05. The Hall–Kier alpha value is -3.33. The Bertz CT molecular complexity index is 1230. The molecule has 0 saturated heterocycles. The van der Waals surface area contributed by atoms with E-state index in [0.717, 1.165) is 10.9 Å². The van der Waals surface area contributed by atoms with E-state index in [1.165, 1.54) is 26.8 Å². The first-order chi connectivity index (χ1) is 15.4. The summed E-state index contributed by atoms with van der Waals surface area (Å²) in [6, 6.07) is 5.85. The van der Waals surface area contributed by atoms with Gasteiger partial charge in [0.2, 0.25) is 5.91 Å². The number of hydrogen-bond acceptors (Lipinski definition) is 4. The highest BCUT2D eigenvalue weighted by Gasteiger charge is 2.17. The van der Waals surface area contributed by atoms with Crippen molar-refractivity contribution in [2.75, 3.05) is 17.2 Å². The van der Waals surface area contributed by atoms with Crippen LogP contribution in [-0.4, -0.2) is 34.1 Å². The highest BCUT2D eigenvalue weighted by atomic mass is 35.5. The minimum Gasteiger partial charge on any atom is -0.338 e. The molecule has 182 valence electrons. The van der Waals surface area contributed by atoms with Crippen molar-refractivity contribution in [1.82, 2.24) is 15.3 Å².